The van der Waals surface area contributed by atoms with Gasteiger partial charge < -0.3 is 15.6 Å². The van der Waals surface area contributed by atoms with Gasteiger partial charge in [-0.05, 0) is 43.7 Å². The monoisotopic (exact) mass is 311 g/mol. The van der Waals surface area contributed by atoms with Crippen LogP contribution in [0.25, 0.3) is 10.9 Å². The third-order valence-electron chi connectivity index (χ3n) is 4.89. The molecule has 0 aliphatic heterocycles. The molecule has 2 fully saturated rings. The zero-order chi connectivity index (χ0) is 15.9. The highest BCUT2D eigenvalue weighted by Crippen LogP contribution is 2.46. The molecule has 1 aromatic carbocycles. The van der Waals surface area contributed by atoms with Crippen LogP contribution < -0.4 is 10.6 Å². The minimum Gasteiger partial charge on any atom is -0.361 e. The fraction of sp³-hybridized carbons (Fsp3) is 0.444. The molecule has 2 aliphatic rings. The molecule has 2 aromatic rings. The first-order valence-corrected chi connectivity index (χ1v) is 8.33. The number of fused-ring (bicyclic) bond motifs is 1. The third-order valence-corrected chi connectivity index (χ3v) is 4.89. The average molecular weight is 311 g/mol. The lowest BCUT2D eigenvalue weighted by Crippen LogP contribution is -2.44. The van der Waals surface area contributed by atoms with Gasteiger partial charge in [0.2, 0.25) is 11.8 Å². The van der Waals surface area contributed by atoms with Crippen LogP contribution >= 0.6 is 0 Å². The molecule has 23 heavy (non-hydrogen) atoms. The number of carbonyl (C=O) groups is 2. The zero-order valence-corrected chi connectivity index (χ0v) is 13.0. The number of hydrogen-bond donors (Lipinski definition) is 3. The van der Waals surface area contributed by atoms with Crippen LogP contribution in [0.2, 0.25) is 0 Å². The Labute approximate surface area is 134 Å². The van der Waals surface area contributed by atoms with Crippen LogP contribution in [0, 0.1) is 5.41 Å². The predicted octanol–water partition coefficient (Wildman–Crippen LogP) is 1.89. The minimum absolute atomic E-state index is 0.0791. The molecule has 0 radical (unpaired) electrons. The Hall–Kier alpha value is -2.30. The summed E-state index contributed by atoms with van der Waals surface area (Å²) in [5.74, 6) is -0.194. The molecule has 2 saturated carbocycles. The Balaban J connectivity index is 1.34. The lowest BCUT2D eigenvalue weighted by molar-refractivity contribution is -0.137. The number of amides is 2. The van der Waals surface area contributed by atoms with Crippen molar-refractivity contribution in [3.63, 3.8) is 0 Å². The molecule has 1 aromatic heterocycles. The molecule has 2 aliphatic carbocycles. The van der Waals surface area contributed by atoms with Gasteiger partial charge in [0.05, 0.1) is 0 Å². The summed E-state index contributed by atoms with van der Waals surface area (Å²) in [5.41, 5.74) is 1.51. The summed E-state index contributed by atoms with van der Waals surface area (Å²) >= 11 is 0. The second kappa shape index (κ2) is 5.41. The number of para-hydroxylation sites is 1. The lowest BCUT2D eigenvalue weighted by Gasteiger charge is -2.15. The molecule has 120 valence electrons. The molecular weight excluding hydrogens is 290 g/mol. The molecule has 0 unspecified atom stereocenters. The smallest absolute Gasteiger partial charge is 0.235 e. The highest BCUT2D eigenvalue weighted by atomic mass is 16.2. The SMILES string of the molecule is O=C(NCCc1c[nH]c2ccccc12)C1(C(=O)NC2CC2)CC1. The normalized spacial score (nSPS) is 18.6. The maximum atomic E-state index is 12.4. The topological polar surface area (TPSA) is 74.0 Å². The summed E-state index contributed by atoms with van der Waals surface area (Å²) < 4.78 is 0. The summed E-state index contributed by atoms with van der Waals surface area (Å²) in [7, 11) is 0. The van der Waals surface area contributed by atoms with Crippen molar-refractivity contribution in [2.24, 2.45) is 5.41 Å². The molecule has 0 atom stereocenters. The molecule has 1 heterocycles. The Morgan fingerprint density at radius 1 is 1.17 bits per heavy atom. The quantitative estimate of drug-likeness (QED) is 0.713. The van der Waals surface area contributed by atoms with E-state index in [9.17, 15) is 9.59 Å². The Bertz CT molecular complexity index is 756. The number of carbonyl (C=O) groups excluding carboxylic acids is 2. The van der Waals surface area contributed by atoms with Crippen molar-refractivity contribution in [1.82, 2.24) is 15.6 Å². The summed E-state index contributed by atoms with van der Waals surface area (Å²) in [4.78, 5) is 27.8. The van der Waals surface area contributed by atoms with Gasteiger partial charge in [-0.2, -0.15) is 0 Å². The molecule has 4 rings (SSSR count). The second-order valence-corrected chi connectivity index (χ2v) is 6.70. The fourth-order valence-electron chi connectivity index (χ4n) is 3.05. The second-order valence-electron chi connectivity index (χ2n) is 6.70. The van der Waals surface area contributed by atoms with E-state index in [2.05, 4.69) is 21.7 Å². The van der Waals surface area contributed by atoms with Gasteiger partial charge >= 0.3 is 0 Å². The van der Waals surface area contributed by atoms with E-state index in [1.54, 1.807) is 0 Å². The van der Waals surface area contributed by atoms with Crippen molar-refractivity contribution in [3.8, 4) is 0 Å². The summed E-state index contributed by atoms with van der Waals surface area (Å²) in [6.45, 7) is 0.555. The van der Waals surface area contributed by atoms with Crippen molar-refractivity contribution in [2.75, 3.05) is 6.54 Å². The van der Waals surface area contributed by atoms with Gasteiger partial charge in [0.15, 0.2) is 0 Å². The van der Waals surface area contributed by atoms with Crippen LogP contribution in [-0.2, 0) is 16.0 Å². The first kappa shape index (κ1) is 14.3. The van der Waals surface area contributed by atoms with Gasteiger partial charge in [-0.1, -0.05) is 18.2 Å². The number of benzene rings is 1. The van der Waals surface area contributed by atoms with Crippen molar-refractivity contribution >= 4 is 22.7 Å². The summed E-state index contributed by atoms with van der Waals surface area (Å²) in [6, 6.07) is 8.44. The number of rotatable bonds is 6. The standard InChI is InChI=1S/C18H21N3O2/c22-16(18(8-9-18)17(23)21-13-5-6-13)19-10-7-12-11-20-15-4-2-1-3-14(12)15/h1-4,11,13,20H,5-10H2,(H,19,22)(H,21,23). The van der Waals surface area contributed by atoms with Crippen LogP contribution in [0.1, 0.15) is 31.2 Å². The average Bonchev–Trinajstić information content (AvgIpc) is 3.47. The first-order chi connectivity index (χ1) is 11.2. The number of H-pyrrole nitrogens is 1. The van der Waals surface area contributed by atoms with Gasteiger partial charge in [-0.25, -0.2) is 0 Å². The van der Waals surface area contributed by atoms with Gasteiger partial charge in [-0.3, -0.25) is 9.59 Å². The maximum absolute atomic E-state index is 12.4. The maximum Gasteiger partial charge on any atom is 0.235 e. The van der Waals surface area contributed by atoms with Crippen molar-refractivity contribution in [1.29, 1.82) is 0 Å². The Kier molecular flexibility index (Phi) is 3.36. The first-order valence-electron chi connectivity index (χ1n) is 8.33. The van der Waals surface area contributed by atoms with E-state index in [0.29, 0.717) is 25.4 Å². The van der Waals surface area contributed by atoms with Crippen molar-refractivity contribution < 1.29 is 9.59 Å². The van der Waals surface area contributed by atoms with Crippen LogP contribution in [0.15, 0.2) is 30.5 Å². The molecule has 0 bridgehead atoms. The number of aromatic nitrogens is 1. The van der Waals surface area contributed by atoms with Crippen LogP contribution in [0.4, 0.5) is 0 Å². The van der Waals surface area contributed by atoms with Crippen molar-refractivity contribution in [3.05, 3.63) is 36.0 Å². The molecule has 2 amide bonds. The Morgan fingerprint density at radius 3 is 2.70 bits per heavy atom. The minimum atomic E-state index is -0.789. The number of nitrogens with one attached hydrogen (secondary N) is 3. The molecule has 5 nitrogen and oxygen atoms in total. The van der Waals surface area contributed by atoms with Crippen LogP contribution in [-0.4, -0.2) is 29.4 Å². The highest BCUT2D eigenvalue weighted by molar-refractivity contribution is 6.08. The van der Waals surface area contributed by atoms with Crippen LogP contribution in [0.5, 0.6) is 0 Å². The van der Waals surface area contributed by atoms with Gasteiger partial charge in [0.25, 0.3) is 0 Å². The Morgan fingerprint density at radius 2 is 1.96 bits per heavy atom. The van der Waals surface area contributed by atoms with E-state index in [4.69, 9.17) is 0 Å². The van der Waals surface area contributed by atoms with E-state index in [1.165, 1.54) is 10.9 Å². The largest absolute Gasteiger partial charge is 0.361 e. The molecular formula is C18H21N3O2. The van der Waals surface area contributed by atoms with Crippen molar-refractivity contribution in [2.45, 2.75) is 38.1 Å². The zero-order valence-electron chi connectivity index (χ0n) is 13.0. The van der Waals surface area contributed by atoms with Gasteiger partial charge in [-0.15, -0.1) is 0 Å². The van der Waals surface area contributed by atoms with E-state index in [-0.39, 0.29) is 11.8 Å². The molecule has 0 spiro atoms. The number of hydrogen-bond acceptors (Lipinski definition) is 2. The lowest BCUT2D eigenvalue weighted by atomic mass is 10.0. The van der Waals surface area contributed by atoms with Gasteiger partial charge in [0.1, 0.15) is 5.41 Å². The van der Waals surface area contributed by atoms with Gasteiger partial charge in [0, 0.05) is 29.7 Å². The van der Waals surface area contributed by atoms with E-state index >= 15 is 0 Å². The molecule has 3 N–H and O–H groups in total. The number of aromatic amines is 1. The predicted molar refractivity (Wildman–Crippen MR) is 87.8 cm³/mol. The third kappa shape index (κ3) is 2.71. The summed E-state index contributed by atoms with van der Waals surface area (Å²) in [5, 5.41) is 7.10. The highest BCUT2D eigenvalue weighted by Gasteiger charge is 2.57. The molecule has 5 heteroatoms. The van der Waals surface area contributed by atoms with Crippen LogP contribution in [0.3, 0.4) is 0 Å². The van der Waals surface area contributed by atoms with E-state index in [0.717, 1.165) is 24.8 Å². The summed E-state index contributed by atoms with van der Waals surface area (Å²) in [6.07, 6.45) is 6.18. The van der Waals surface area contributed by atoms with E-state index < -0.39 is 5.41 Å². The van der Waals surface area contributed by atoms with E-state index in [1.807, 2.05) is 24.4 Å². The molecule has 0 saturated heterocycles. The fourth-order valence-corrected chi connectivity index (χ4v) is 3.05.